The van der Waals surface area contributed by atoms with Gasteiger partial charge in [0.25, 0.3) is 5.56 Å². The normalized spacial score (nSPS) is 11.1. The van der Waals surface area contributed by atoms with Gasteiger partial charge >= 0.3 is 5.69 Å². The van der Waals surface area contributed by atoms with Gasteiger partial charge in [-0.25, -0.2) is 4.98 Å². The number of aromatic nitrogens is 2. The Hall–Kier alpha value is -4.07. The third-order valence-electron chi connectivity index (χ3n) is 5.27. The molecule has 4 rings (SSSR count). The molecule has 1 aromatic heterocycles. The largest absolute Gasteiger partial charge is 0.481 e. The maximum atomic E-state index is 13.2. The van der Waals surface area contributed by atoms with Gasteiger partial charge in [-0.15, -0.1) is 0 Å². The molecule has 36 heavy (non-hydrogen) atoms. The number of hydrogen-bond donors (Lipinski definition) is 0. The maximum Gasteiger partial charge on any atom is 0.313 e. The molecule has 0 aliphatic heterocycles. The van der Waals surface area contributed by atoms with E-state index in [0.29, 0.717) is 38.7 Å². The lowest BCUT2D eigenvalue weighted by Gasteiger charge is -2.12. The average molecular weight is 567 g/mol. The van der Waals surface area contributed by atoms with Crippen LogP contribution < -0.4 is 10.3 Å². The highest BCUT2D eigenvalue weighted by atomic mass is 79.9. The molecule has 0 spiro atoms. The van der Waals surface area contributed by atoms with E-state index in [4.69, 9.17) is 16.3 Å². The van der Waals surface area contributed by atoms with Crippen LogP contribution in [-0.4, -0.2) is 20.8 Å². The van der Waals surface area contributed by atoms with Crippen molar-refractivity contribution in [3.05, 3.63) is 107 Å². The smallest absolute Gasteiger partial charge is 0.313 e. The van der Waals surface area contributed by atoms with E-state index in [1.165, 1.54) is 18.3 Å². The number of benzene rings is 3. The van der Waals surface area contributed by atoms with Crippen LogP contribution in [0.15, 0.2) is 69.0 Å². The maximum absolute atomic E-state index is 13.2. The molecule has 0 saturated heterocycles. The van der Waals surface area contributed by atoms with Crippen molar-refractivity contribution in [2.75, 3.05) is 0 Å². The van der Waals surface area contributed by atoms with Crippen LogP contribution in [0.5, 0.6) is 5.75 Å². The molecule has 1 heterocycles. The van der Waals surface area contributed by atoms with E-state index in [1.807, 2.05) is 6.92 Å². The van der Waals surface area contributed by atoms with Crippen molar-refractivity contribution in [2.45, 2.75) is 20.0 Å². The molecule has 0 bridgehead atoms. The van der Waals surface area contributed by atoms with Crippen LogP contribution in [0.4, 0.5) is 5.69 Å². The number of fused-ring (bicyclic) bond motifs is 1. The zero-order valence-electron chi connectivity index (χ0n) is 18.8. The number of ether oxygens (including phenoxy) is 1. The first kappa shape index (κ1) is 25.0. The summed E-state index contributed by atoms with van der Waals surface area (Å²) in [7, 11) is 0. The fourth-order valence-corrected chi connectivity index (χ4v) is 4.14. The number of nitro groups is 1. The number of nitro benzene ring substituents is 1. The highest BCUT2D eigenvalue weighted by Gasteiger charge is 2.21. The topological polar surface area (TPSA) is 123 Å². The van der Waals surface area contributed by atoms with E-state index in [2.05, 4.69) is 32.1 Å². The SMILES string of the molecule is CCc1nc2ccc(Br)cc2c(=O)n1N=Cc1cc(Cl)cc([N+](=O)[O-])c1OCc1ccccc1C#N. The first-order valence-electron chi connectivity index (χ1n) is 10.7. The minimum atomic E-state index is -0.618. The van der Waals surface area contributed by atoms with Gasteiger partial charge in [0, 0.05) is 33.1 Å². The summed E-state index contributed by atoms with van der Waals surface area (Å²) in [6.45, 7) is 1.74. The zero-order chi connectivity index (χ0) is 25.8. The van der Waals surface area contributed by atoms with Crippen molar-refractivity contribution in [3.63, 3.8) is 0 Å². The van der Waals surface area contributed by atoms with Crippen molar-refractivity contribution >= 4 is 50.3 Å². The Labute approximate surface area is 218 Å². The molecule has 11 heteroatoms. The minimum absolute atomic E-state index is 0.0940. The molecule has 0 aliphatic carbocycles. The molecule has 0 radical (unpaired) electrons. The second kappa shape index (κ2) is 10.7. The van der Waals surface area contributed by atoms with Gasteiger partial charge in [0.2, 0.25) is 5.75 Å². The lowest BCUT2D eigenvalue weighted by Crippen LogP contribution is -2.22. The summed E-state index contributed by atoms with van der Waals surface area (Å²) in [5, 5.41) is 25.9. The number of rotatable bonds is 7. The quantitative estimate of drug-likeness (QED) is 0.163. The van der Waals surface area contributed by atoms with Crippen LogP contribution in [0, 0.1) is 21.4 Å². The van der Waals surface area contributed by atoms with Crippen LogP contribution in [0.2, 0.25) is 5.02 Å². The van der Waals surface area contributed by atoms with Gasteiger partial charge in [0.15, 0.2) is 0 Å². The number of hydrogen-bond acceptors (Lipinski definition) is 7. The van der Waals surface area contributed by atoms with Gasteiger partial charge in [-0.2, -0.15) is 15.0 Å². The molecule has 0 unspecified atom stereocenters. The van der Waals surface area contributed by atoms with Gasteiger partial charge in [-0.05, 0) is 30.3 Å². The number of halogens is 2. The van der Waals surface area contributed by atoms with E-state index >= 15 is 0 Å². The first-order chi connectivity index (χ1) is 17.3. The fourth-order valence-electron chi connectivity index (χ4n) is 3.56. The molecular formula is C25H17BrClN5O4. The molecule has 0 fully saturated rings. The Bertz CT molecular complexity index is 1630. The van der Waals surface area contributed by atoms with E-state index < -0.39 is 10.5 Å². The highest BCUT2D eigenvalue weighted by molar-refractivity contribution is 9.10. The summed E-state index contributed by atoms with van der Waals surface area (Å²) in [5.74, 6) is 0.316. The highest BCUT2D eigenvalue weighted by Crippen LogP contribution is 2.34. The Balaban J connectivity index is 1.82. The van der Waals surface area contributed by atoms with Crippen molar-refractivity contribution in [1.82, 2.24) is 9.66 Å². The lowest BCUT2D eigenvalue weighted by atomic mass is 10.1. The second-order valence-electron chi connectivity index (χ2n) is 7.56. The third kappa shape index (κ3) is 5.12. The lowest BCUT2D eigenvalue weighted by molar-refractivity contribution is -0.385. The molecule has 9 nitrogen and oxygen atoms in total. The van der Waals surface area contributed by atoms with Crippen molar-refractivity contribution in [3.8, 4) is 11.8 Å². The number of aryl methyl sites for hydroxylation is 1. The van der Waals surface area contributed by atoms with Crippen molar-refractivity contribution in [1.29, 1.82) is 5.26 Å². The van der Waals surface area contributed by atoms with Gasteiger partial charge in [0.05, 0.1) is 33.7 Å². The molecule has 0 amide bonds. The fraction of sp³-hybridized carbons (Fsp3) is 0.120. The molecular weight excluding hydrogens is 550 g/mol. The second-order valence-corrected chi connectivity index (χ2v) is 8.91. The predicted octanol–water partition coefficient (Wildman–Crippen LogP) is 5.62. The Morgan fingerprint density at radius 3 is 2.78 bits per heavy atom. The van der Waals surface area contributed by atoms with Crippen LogP contribution in [-0.2, 0) is 13.0 Å². The van der Waals surface area contributed by atoms with E-state index in [1.54, 1.807) is 42.5 Å². The molecule has 0 aliphatic rings. The molecule has 0 atom stereocenters. The molecule has 4 aromatic rings. The summed E-state index contributed by atoms with van der Waals surface area (Å²) >= 11 is 9.51. The van der Waals surface area contributed by atoms with Gasteiger partial charge < -0.3 is 4.74 Å². The van der Waals surface area contributed by atoms with Crippen LogP contribution >= 0.6 is 27.5 Å². The van der Waals surface area contributed by atoms with E-state index in [9.17, 15) is 20.2 Å². The van der Waals surface area contributed by atoms with Gasteiger partial charge in [-0.1, -0.05) is 52.7 Å². The monoisotopic (exact) mass is 565 g/mol. The summed E-state index contributed by atoms with van der Waals surface area (Å²) in [5.41, 5.74) is 0.896. The molecule has 180 valence electrons. The Morgan fingerprint density at radius 2 is 2.06 bits per heavy atom. The van der Waals surface area contributed by atoms with Gasteiger partial charge in [0.1, 0.15) is 12.4 Å². The minimum Gasteiger partial charge on any atom is -0.481 e. The summed E-state index contributed by atoms with van der Waals surface area (Å²) in [6.07, 6.45) is 1.69. The number of nitriles is 1. The third-order valence-corrected chi connectivity index (χ3v) is 5.98. The summed E-state index contributed by atoms with van der Waals surface area (Å²) < 4.78 is 7.69. The Morgan fingerprint density at radius 1 is 1.28 bits per heavy atom. The van der Waals surface area contributed by atoms with Crippen LogP contribution in [0.3, 0.4) is 0 Å². The standard InChI is InChI=1S/C25H17BrClN5O4/c1-2-23-30-21-8-7-18(26)10-20(21)25(33)31(23)29-13-17-9-19(27)11-22(32(34)35)24(17)36-14-16-6-4-3-5-15(16)12-28/h3-11,13H,2,14H2,1H3. The molecule has 0 N–H and O–H groups in total. The predicted molar refractivity (Wildman–Crippen MR) is 140 cm³/mol. The first-order valence-corrected chi connectivity index (χ1v) is 11.8. The summed E-state index contributed by atoms with van der Waals surface area (Å²) in [4.78, 5) is 28.9. The average Bonchev–Trinajstić information content (AvgIpc) is 2.87. The summed E-state index contributed by atoms with van der Waals surface area (Å²) in [6, 6.07) is 16.6. The van der Waals surface area contributed by atoms with Crippen LogP contribution in [0.1, 0.15) is 29.4 Å². The van der Waals surface area contributed by atoms with Crippen molar-refractivity contribution < 1.29 is 9.66 Å². The van der Waals surface area contributed by atoms with E-state index in [0.717, 1.165) is 4.68 Å². The zero-order valence-corrected chi connectivity index (χ0v) is 21.2. The molecule has 3 aromatic carbocycles. The molecule has 0 saturated carbocycles. The van der Waals surface area contributed by atoms with Crippen LogP contribution in [0.25, 0.3) is 10.9 Å². The van der Waals surface area contributed by atoms with E-state index in [-0.39, 0.29) is 28.6 Å². The van der Waals surface area contributed by atoms with Gasteiger partial charge in [-0.3, -0.25) is 14.9 Å². The number of nitrogens with zero attached hydrogens (tertiary/aromatic N) is 5. The Kier molecular flexibility index (Phi) is 7.43. The van der Waals surface area contributed by atoms with Crippen molar-refractivity contribution in [2.24, 2.45) is 5.10 Å².